The van der Waals surface area contributed by atoms with E-state index < -0.39 is 30.6 Å². The van der Waals surface area contributed by atoms with Crippen LogP contribution in [0.2, 0.25) is 0 Å². The molecule has 1 aliphatic carbocycles. The number of methoxy groups -OCH3 is 1. The molecule has 0 radical (unpaired) electrons. The van der Waals surface area contributed by atoms with E-state index in [2.05, 4.69) is 11.0 Å². The van der Waals surface area contributed by atoms with E-state index in [0.29, 0.717) is 11.5 Å². The number of aliphatic hydroxyl groups is 1. The molecule has 1 aromatic heterocycles. The third kappa shape index (κ3) is 4.26. The Balaban J connectivity index is 1.25. The largest absolute Gasteiger partial charge is 0.497 e. The molecule has 2 unspecified atom stereocenters. The minimum atomic E-state index is -1.65. The van der Waals surface area contributed by atoms with Gasteiger partial charge in [-0.1, -0.05) is 6.07 Å². The Labute approximate surface area is 218 Å². The maximum Gasteiger partial charge on any atom is 0.336 e. The third-order valence-electron chi connectivity index (χ3n) is 7.79. The molecule has 1 saturated heterocycles. The summed E-state index contributed by atoms with van der Waals surface area (Å²) in [6.45, 7) is 2.07. The average molecular weight is 528 g/mol. The Morgan fingerprint density at radius 2 is 2.11 bits per heavy atom. The number of hydrogen-bond acceptors (Lipinski definition) is 10. The highest BCUT2D eigenvalue weighted by molar-refractivity contribution is 7.09. The lowest BCUT2D eigenvalue weighted by atomic mass is 9.77. The molecule has 10 heteroatoms. The number of carbonyl (C=O) groups is 2. The van der Waals surface area contributed by atoms with Crippen molar-refractivity contribution in [2.45, 2.75) is 56.0 Å². The highest BCUT2D eigenvalue weighted by Crippen LogP contribution is 2.55. The summed E-state index contributed by atoms with van der Waals surface area (Å²) in [5.41, 5.74) is 1.77. The van der Waals surface area contributed by atoms with Crippen LogP contribution in [0.3, 0.4) is 0 Å². The lowest BCUT2D eigenvalue weighted by Gasteiger charge is -2.39. The average Bonchev–Trinajstić information content (AvgIpc) is 3.68. The van der Waals surface area contributed by atoms with Crippen molar-refractivity contribution >= 4 is 23.3 Å². The number of ether oxygens (including phenoxy) is 5. The van der Waals surface area contributed by atoms with E-state index in [9.17, 15) is 14.7 Å². The van der Waals surface area contributed by atoms with Crippen LogP contribution in [0.4, 0.5) is 0 Å². The Bertz CT molecular complexity index is 1230. The molecule has 196 valence electrons. The molecule has 3 aliphatic heterocycles. The number of carbonyl (C=O) groups excluding carboxylic acids is 2. The van der Waals surface area contributed by atoms with E-state index in [1.54, 1.807) is 7.11 Å². The maximum atomic E-state index is 13.1. The zero-order valence-electron chi connectivity index (χ0n) is 20.5. The highest BCUT2D eigenvalue weighted by atomic mass is 32.1. The predicted octanol–water partition coefficient (Wildman–Crippen LogP) is 2.90. The van der Waals surface area contributed by atoms with Gasteiger partial charge in [-0.15, -0.1) is 11.3 Å². The molecule has 4 aliphatic rings. The van der Waals surface area contributed by atoms with E-state index >= 15 is 0 Å². The molecule has 0 amide bonds. The molecule has 1 aromatic carbocycles. The van der Waals surface area contributed by atoms with Gasteiger partial charge in [0.15, 0.2) is 23.7 Å². The van der Waals surface area contributed by atoms with Gasteiger partial charge in [0, 0.05) is 11.4 Å². The van der Waals surface area contributed by atoms with E-state index in [1.807, 2.05) is 29.6 Å². The summed E-state index contributed by atoms with van der Waals surface area (Å²) in [6, 6.07) is 7.73. The van der Waals surface area contributed by atoms with Crippen molar-refractivity contribution in [2.24, 2.45) is 0 Å². The van der Waals surface area contributed by atoms with Gasteiger partial charge >= 0.3 is 11.9 Å². The number of thiophene rings is 1. The second-order valence-electron chi connectivity index (χ2n) is 9.78. The first-order chi connectivity index (χ1) is 18.0. The van der Waals surface area contributed by atoms with Gasteiger partial charge in [-0.25, -0.2) is 4.79 Å². The summed E-state index contributed by atoms with van der Waals surface area (Å²) in [7, 11) is 1.56. The zero-order valence-corrected chi connectivity index (χ0v) is 21.3. The van der Waals surface area contributed by atoms with E-state index in [4.69, 9.17) is 23.7 Å². The van der Waals surface area contributed by atoms with Crippen LogP contribution in [-0.4, -0.2) is 66.7 Å². The van der Waals surface area contributed by atoms with E-state index in [1.165, 1.54) is 11.3 Å². The molecule has 6 rings (SSSR count). The van der Waals surface area contributed by atoms with Crippen molar-refractivity contribution in [2.75, 3.05) is 27.0 Å². The van der Waals surface area contributed by atoms with Gasteiger partial charge in [0.2, 0.25) is 6.79 Å². The monoisotopic (exact) mass is 527 g/mol. The molecule has 2 aromatic rings. The standard InChI is InChI=1S/C27H29NO8S/c1-32-22-13-27-6-3-7-28(27)8-5-16-10-20-21(35-15-34-20)11-18(16)24(27)25(22)36-26(31)19(29)12-23(30)33-14-17-4-2-9-37-17/h2,4,9-11,13,19,24-25,29H,3,5-8,12,14-15H2,1H3/t19-,24-,25?,27?/m1/s1. The Morgan fingerprint density at radius 3 is 2.89 bits per heavy atom. The lowest BCUT2D eigenvalue weighted by Crippen LogP contribution is -2.47. The number of aliphatic hydroxyl groups excluding tert-OH is 1. The van der Waals surface area contributed by atoms with Crippen molar-refractivity contribution in [1.82, 2.24) is 4.90 Å². The summed E-state index contributed by atoms with van der Waals surface area (Å²) in [5, 5.41) is 12.4. The first-order valence-corrected chi connectivity index (χ1v) is 13.4. The number of rotatable bonds is 7. The van der Waals surface area contributed by atoms with Crippen LogP contribution in [0.1, 0.15) is 41.2 Å². The van der Waals surface area contributed by atoms with E-state index in [0.717, 1.165) is 54.1 Å². The molecule has 1 spiro atoms. The first-order valence-electron chi connectivity index (χ1n) is 12.5. The second kappa shape index (κ2) is 9.66. The van der Waals surface area contributed by atoms with Crippen molar-refractivity contribution < 1.29 is 38.4 Å². The van der Waals surface area contributed by atoms with Crippen molar-refractivity contribution in [3.8, 4) is 11.5 Å². The number of benzene rings is 1. The summed E-state index contributed by atoms with van der Waals surface area (Å²) in [6.07, 6.45) is 1.94. The number of hydrogen-bond donors (Lipinski definition) is 1. The van der Waals surface area contributed by atoms with Gasteiger partial charge in [-0.2, -0.15) is 0 Å². The van der Waals surface area contributed by atoms with Gasteiger partial charge in [-0.3, -0.25) is 9.69 Å². The van der Waals surface area contributed by atoms with Crippen molar-refractivity contribution in [1.29, 1.82) is 0 Å². The van der Waals surface area contributed by atoms with Crippen LogP contribution in [0.15, 0.2) is 41.5 Å². The lowest BCUT2D eigenvalue weighted by molar-refractivity contribution is -0.165. The highest BCUT2D eigenvalue weighted by Gasteiger charge is 2.58. The minimum absolute atomic E-state index is 0.102. The van der Waals surface area contributed by atoms with Gasteiger partial charge in [0.05, 0.1) is 25.0 Å². The van der Waals surface area contributed by atoms with Crippen LogP contribution in [0.5, 0.6) is 11.5 Å². The molecular weight excluding hydrogens is 498 g/mol. The summed E-state index contributed by atoms with van der Waals surface area (Å²) in [5.74, 6) is 0.136. The van der Waals surface area contributed by atoms with Gasteiger partial charge in [0.25, 0.3) is 0 Å². The number of nitrogens with zero attached hydrogens (tertiary/aromatic N) is 1. The van der Waals surface area contributed by atoms with Gasteiger partial charge < -0.3 is 28.8 Å². The topological polar surface area (TPSA) is 104 Å². The van der Waals surface area contributed by atoms with Crippen LogP contribution in [0, 0.1) is 0 Å². The molecule has 9 nitrogen and oxygen atoms in total. The van der Waals surface area contributed by atoms with Crippen molar-refractivity contribution in [3.63, 3.8) is 0 Å². The smallest absolute Gasteiger partial charge is 0.336 e. The van der Waals surface area contributed by atoms with Crippen LogP contribution < -0.4 is 9.47 Å². The van der Waals surface area contributed by atoms with E-state index in [-0.39, 0.29) is 24.9 Å². The molecular formula is C27H29NO8S. The summed E-state index contributed by atoms with van der Waals surface area (Å²) < 4.78 is 28.2. The van der Waals surface area contributed by atoms with Crippen LogP contribution >= 0.6 is 11.3 Å². The third-order valence-corrected chi connectivity index (χ3v) is 8.64. The van der Waals surface area contributed by atoms with Gasteiger partial charge in [-0.05, 0) is 66.6 Å². The summed E-state index contributed by atoms with van der Waals surface area (Å²) in [4.78, 5) is 28.6. The molecule has 4 atom stereocenters. The quantitative estimate of drug-likeness (QED) is 0.545. The molecule has 0 saturated carbocycles. The normalized spacial score (nSPS) is 26.4. The fraction of sp³-hybridized carbons (Fsp3) is 0.481. The number of fused-ring (bicyclic) bond motifs is 3. The SMILES string of the molecule is COC1=CC23CCCN2CCc2cc4c(cc2[C@@H]3C1OC(=O)[C@H](O)CC(=O)OCc1cccs1)OCO4. The second-order valence-corrected chi connectivity index (χ2v) is 10.8. The molecule has 4 heterocycles. The molecule has 1 fully saturated rings. The molecule has 0 bridgehead atoms. The molecule has 37 heavy (non-hydrogen) atoms. The van der Waals surface area contributed by atoms with Crippen LogP contribution in [-0.2, 0) is 36.8 Å². The fourth-order valence-corrected chi connectivity index (χ4v) is 6.76. The summed E-state index contributed by atoms with van der Waals surface area (Å²) >= 11 is 1.46. The Kier molecular flexibility index (Phi) is 6.34. The zero-order chi connectivity index (χ0) is 25.6. The Hall–Kier alpha value is -3.08. The first kappa shape index (κ1) is 24.3. The van der Waals surface area contributed by atoms with Crippen molar-refractivity contribution in [3.05, 3.63) is 57.5 Å². The maximum absolute atomic E-state index is 13.1. The number of esters is 2. The van der Waals surface area contributed by atoms with Crippen LogP contribution in [0.25, 0.3) is 0 Å². The minimum Gasteiger partial charge on any atom is -0.497 e. The molecule has 1 N–H and O–H groups in total. The predicted molar refractivity (Wildman–Crippen MR) is 132 cm³/mol. The van der Waals surface area contributed by atoms with Gasteiger partial charge in [0.1, 0.15) is 12.4 Å². The fourth-order valence-electron chi connectivity index (χ4n) is 6.14. The Morgan fingerprint density at radius 1 is 1.27 bits per heavy atom.